The number of halogens is 1. The Morgan fingerprint density at radius 1 is 1.30 bits per heavy atom. The van der Waals surface area contributed by atoms with Gasteiger partial charge in [0.25, 0.3) is 0 Å². The van der Waals surface area contributed by atoms with E-state index in [-0.39, 0.29) is 24.0 Å². The fourth-order valence-corrected chi connectivity index (χ4v) is 3.63. The molecule has 0 amide bonds. The van der Waals surface area contributed by atoms with Crippen molar-refractivity contribution in [3.8, 4) is 0 Å². The summed E-state index contributed by atoms with van der Waals surface area (Å²) in [7, 11) is 2.07. The molecule has 3 aromatic rings. The van der Waals surface area contributed by atoms with Gasteiger partial charge in [-0.2, -0.15) is 0 Å². The Hall–Kier alpha value is -1.61. The van der Waals surface area contributed by atoms with Crippen LogP contribution in [0.2, 0.25) is 0 Å². The summed E-state index contributed by atoms with van der Waals surface area (Å²) < 4.78 is 2.31. The molecule has 1 aromatic carbocycles. The molecule has 1 N–H and O–H groups in total. The Labute approximate surface area is 182 Å². The second kappa shape index (κ2) is 10.7. The molecule has 3 rings (SSSR count). The molecule has 0 spiro atoms. The molecule has 0 atom stereocenters. The first kappa shape index (κ1) is 21.7. The lowest BCUT2D eigenvalue weighted by molar-refractivity contribution is 0.470. The van der Waals surface area contributed by atoms with E-state index in [0.29, 0.717) is 0 Å². The number of guanidine groups is 1. The van der Waals surface area contributed by atoms with Gasteiger partial charge in [0, 0.05) is 43.8 Å². The highest BCUT2D eigenvalue weighted by atomic mass is 127. The summed E-state index contributed by atoms with van der Waals surface area (Å²) in [5.74, 6) is 0.940. The van der Waals surface area contributed by atoms with Crippen LogP contribution in [0.5, 0.6) is 0 Å². The number of nitrogens with one attached hydrogen (secondary N) is 1. The van der Waals surface area contributed by atoms with Crippen molar-refractivity contribution >= 4 is 52.2 Å². The fourth-order valence-electron chi connectivity index (χ4n) is 3.03. The number of aliphatic imine (C=N–C) groups is 1. The quantitative estimate of drug-likeness (QED) is 0.226. The van der Waals surface area contributed by atoms with Crippen LogP contribution in [0.4, 0.5) is 0 Å². The Bertz CT molecular complexity index is 870. The molecule has 5 nitrogen and oxygen atoms in total. The Morgan fingerprint density at radius 2 is 2.11 bits per heavy atom. The van der Waals surface area contributed by atoms with Gasteiger partial charge >= 0.3 is 0 Å². The molecule has 0 radical (unpaired) electrons. The number of benzene rings is 1. The first-order valence-electron chi connectivity index (χ1n) is 9.11. The highest BCUT2D eigenvalue weighted by molar-refractivity contribution is 14.0. The van der Waals surface area contributed by atoms with Gasteiger partial charge in [-0.3, -0.25) is 4.99 Å². The summed E-state index contributed by atoms with van der Waals surface area (Å²) in [4.78, 5) is 11.5. The van der Waals surface area contributed by atoms with E-state index in [1.807, 2.05) is 6.92 Å². The number of hydrogen-bond donors (Lipinski definition) is 1. The fraction of sp³-hybridized carbons (Fsp3) is 0.400. The van der Waals surface area contributed by atoms with Crippen LogP contribution in [0, 0.1) is 6.92 Å². The van der Waals surface area contributed by atoms with Crippen molar-refractivity contribution in [3.05, 3.63) is 52.6 Å². The van der Waals surface area contributed by atoms with E-state index >= 15 is 0 Å². The summed E-state index contributed by atoms with van der Waals surface area (Å²) >= 11 is 1.69. The smallest absolute Gasteiger partial charge is 0.194 e. The molecule has 7 heteroatoms. The third-order valence-electron chi connectivity index (χ3n) is 4.26. The summed E-state index contributed by atoms with van der Waals surface area (Å²) in [5, 5.41) is 7.90. The van der Waals surface area contributed by atoms with Gasteiger partial charge in [-0.05, 0) is 37.8 Å². The molecule has 0 fully saturated rings. The average molecular weight is 497 g/mol. The van der Waals surface area contributed by atoms with Crippen molar-refractivity contribution in [2.24, 2.45) is 4.99 Å². The van der Waals surface area contributed by atoms with Crippen molar-refractivity contribution in [2.45, 2.75) is 33.4 Å². The minimum atomic E-state index is 0. The van der Waals surface area contributed by atoms with E-state index in [9.17, 15) is 0 Å². The van der Waals surface area contributed by atoms with E-state index in [1.54, 1.807) is 11.3 Å². The first-order valence-corrected chi connectivity index (χ1v) is 9.99. The van der Waals surface area contributed by atoms with Gasteiger partial charge in [-0.15, -0.1) is 35.3 Å². The molecule has 0 unspecified atom stereocenters. The van der Waals surface area contributed by atoms with Gasteiger partial charge in [-0.25, -0.2) is 4.98 Å². The lowest BCUT2D eigenvalue weighted by Gasteiger charge is -2.21. The van der Waals surface area contributed by atoms with E-state index < -0.39 is 0 Å². The van der Waals surface area contributed by atoms with Gasteiger partial charge in [-0.1, -0.05) is 18.2 Å². The van der Waals surface area contributed by atoms with Gasteiger partial charge < -0.3 is 14.8 Å². The maximum atomic E-state index is 4.79. The van der Waals surface area contributed by atoms with Gasteiger partial charge in [0.1, 0.15) is 0 Å². The van der Waals surface area contributed by atoms with Crippen LogP contribution in [0.25, 0.3) is 10.9 Å². The van der Waals surface area contributed by atoms with Crippen molar-refractivity contribution < 1.29 is 0 Å². The van der Waals surface area contributed by atoms with Gasteiger partial charge in [0.15, 0.2) is 5.96 Å². The summed E-state index contributed by atoms with van der Waals surface area (Å²) in [6, 6.07) is 10.7. The number of aryl methyl sites for hydroxylation is 2. The van der Waals surface area contributed by atoms with E-state index in [0.717, 1.165) is 49.3 Å². The molecule has 0 aliphatic heterocycles. The van der Waals surface area contributed by atoms with E-state index in [1.165, 1.54) is 10.9 Å². The maximum Gasteiger partial charge on any atom is 0.194 e. The van der Waals surface area contributed by atoms with Crippen molar-refractivity contribution in [1.29, 1.82) is 0 Å². The van der Waals surface area contributed by atoms with Gasteiger partial charge in [0.2, 0.25) is 0 Å². The lowest BCUT2D eigenvalue weighted by atomic mass is 10.2. The summed E-state index contributed by atoms with van der Waals surface area (Å²) in [6.07, 6.45) is 3.17. The molecule has 27 heavy (non-hydrogen) atoms. The van der Waals surface area contributed by atoms with Gasteiger partial charge in [0.05, 0.1) is 17.2 Å². The van der Waals surface area contributed by atoms with E-state index in [4.69, 9.17) is 4.99 Å². The Kier molecular flexibility index (Phi) is 8.56. The Balaban J connectivity index is 0.00000261. The highest BCUT2D eigenvalue weighted by Crippen LogP contribution is 2.15. The SMILES string of the molecule is CCNC(=NCCCn1ccc2ccccc21)N(C)Cc1csc(C)n1.I. The van der Waals surface area contributed by atoms with Crippen LogP contribution in [0.1, 0.15) is 24.0 Å². The Morgan fingerprint density at radius 3 is 2.85 bits per heavy atom. The van der Waals surface area contributed by atoms with Crippen LogP contribution in [-0.2, 0) is 13.1 Å². The van der Waals surface area contributed by atoms with Crippen LogP contribution < -0.4 is 5.32 Å². The molecular weight excluding hydrogens is 469 g/mol. The molecule has 0 aliphatic carbocycles. The second-order valence-electron chi connectivity index (χ2n) is 6.37. The van der Waals surface area contributed by atoms with Crippen LogP contribution in [0.15, 0.2) is 46.9 Å². The zero-order valence-electron chi connectivity index (χ0n) is 16.2. The largest absolute Gasteiger partial charge is 0.357 e. The lowest BCUT2D eigenvalue weighted by Crippen LogP contribution is -2.38. The monoisotopic (exact) mass is 497 g/mol. The topological polar surface area (TPSA) is 45.5 Å². The van der Waals surface area contributed by atoms with Crippen LogP contribution in [0.3, 0.4) is 0 Å². The standard InChI is InChI=1S/C20H27N5S.HI/c1-4-21-20(24(3)14-18-15-26-16(2)23-18)22-11-7-12-25-13-10-17-8-5-6-9-19(17)25;/h5-6,8-10,13,15H,4,7,11-12,14H2,1-3H3,(H,21,22);1H. The maximum absolute atomic E-state index is 4.79. The molecule has 0 aliphatic rings. The first-order chi connectivity index (χ1) is 12.7. The third-order valence-corrected chi connectivity index (χ3v) is 5.08. The predicted molar refractivity (Wildman–Crippen MR) is 126 cm³/mol. The zero-order valence-corrected chi connectivity index (χ0v) is 19.3. The third kappa shape index (κ3) is 5.93. The molecule has 2 aromatic heterocycles. The summed E-state index contributed by atoms with van der Waals surface area (Å²) in [5.41, 5.74) is 2.39. The second-order valence-corrected chi connectivity index (χ2v) is 7.43. The zero-order chi connectivity index (χ0) is 18.4. The number of hydrogen-bond acceptors (Lipinski definition) is 3. The molecule has 0 saturated heterocycles. The number of nitrogens with zero attached hydrogens (tertiary/aromatic N) is 4. The molecule has 0 saturated carbocycles. The number of para-hydroxylation sites is 1. The number of rotatable bonds is 7. The van der Waals surface area contributed by atoms with E-state index in [2.05, 4.69) is 75.6 Å². The number of aromatic nitrogens is 2. The van der Waals surface area contributed by atoms with Crippen molar-refractivity contribution in [2.75, 3.05) is 20.1 Å². The highest BCUT2D eigenvalue weighted by Gasteiger charge is 2.08. The minimum absolute atomic E-state index is 0. The average Bonchev–Trinajstić information content (AvgIpc) is 3.24. The minimum Gasteiger partial charge on any atom is -0.357 e. The molecule has 0 bridgehead atoms. The molecule has 2 heterocycles. The number of thiazole rings is 1. The molecule has 146 valence electrons. The predicted octanol–water partition coefficient (Wildman–Crippen LogP) is 4.51. The normalized spacial score (nSPS) is 11.4. The van der Waals surface area contributed by atoms with Crippen molar-refractivity contribution in [3.63, 3.8) is 0 Å². The summed E-state index contributed by atoms with van der Waals surface area (Å²) in [6.45, 7) is 7.56. The van der Waals surface area contributed by atoms with Crippen LogP contribution >= 0.6 is 35.3 Å². The van der Waals surface area contributed by atoms with Crippen molar-refractivity contribution in [1.82, 2.24) is 19.8 Å². The molecular formula is C20H28IN5S. The van der Waals surface area contributed by atoms with Crippen LogP contribution in [-0.4, -0.2) is 40.5 Å². The number of fused-ring (bicyclic) bond motifs is 1.